The van der Waals surface area contributed by atoms with E-state index in [-0.39, 0.29) is 29.2 Å². The molecule has 1 aromatic heterocycles. The average molecular weight is 565 g/mol. The van der Waals surface area contributed by atoms with Crippen molar-refractivity contribution < 1.29 is 33.3 Å². The fraction of sp³-hybridized carbons (Fsp3) is 0.241. The van der Waals surface area contributed by atoms with Crippen molar-refractivity contribution in [3.8, 4) is 23.0 Å². The lowest BCUT2D eigenvalue weighted by Gasteiger charge is -2.25. The molecular weight excluding hydrogens is 536 g/mol. The first kappa shape index (κ1) is 28.4. The first-order chi connectivity index (χ1) is 19.2. The Labute approximate surface area is 234 Å². The van der Waals surface area contributed by atoms with Gasteiger partial charge >= 0.3 is 11.9 Å². The number of carbonyl (C=O) groups excluding carboxylic acids is 2. The van der Waals surface area contributed by atoms with Crippen molar-refractivity contribution in [3.05, 3.63) is 91.1 Å². The number of nitrogens with zero attached hydrogens (tertiary/aromatic N) is 2. The van der Waals surface area contributed by atoms with Crippen LogP contribution in [0.5, 0.6) is 23.0 Å². The molecular formula is C29H28N2O8S. The van der Waals surface area contributed by atoms with Crippen molar-refractivity contribution in [3.63, 3.8) is 0 Å². The highest BCUT2D eigenvalue weighted by molar-refractivity contribution is 7.07. The van der Waals surface area contributed by atoms with E-state index in [2.05, 4.69) is 11.6 Å². The standard InChI is InChI=1S/C29H28N2O8S/c1-7-12-38-28(34)25-16(2)30-29-31(26(25)19-9-11-21(39-17(3)32)23(15-19)37-6)27(33)24(40-29)14-18-8-10-20(35-4)22(13-18)36-5/h7-11,13-15,26H,1,12H2,2-6H3. The Kier molecular flexibility index (Phi) is 8.54. The van der Waals surface area contributed by atoms with Gasteiger partial charge in [0.2, 0.25) is 0 Å². The lowest BCUT2D eigenvalue weighted by Crippen LogP contribution is -2.40. The molecule has 0 saturated heterocycles. The summed E-state index contributed by atoms with van der Waals surface area (Å²) in [6.07, 6.45) is 3.18. The topological polar surface area (TPSA) is 115 Å². The van der Waals surface area contributed by atoms with Gasteiger partial charge in [0.25, 0.3) is 5.56 Å². The molecule has 2 aromatic carbocycles. The number of benzene rings is 2. The van der Waals surface area contributed by atoms with Gasteiger partial charge in [0, 0.05) is 6.92 Å². The van der Waals surface area contributed by atoms with Crippen LogP contribution in [0.15, 0.2) is 70.1 Å². The smallest absolute Gasteiger partial charge is 0.338 e. The van der Waals surface area contributed by atoms with E-state index in [1.807, 2.05) is 0 Å². The minimum atomic E-state index is -0.888. The van der Waals surface area contributed by atoms with Crippen molar-refractivity contribution in [1.82, 2.24) is 4.57 Å². The molecule has 0 saturated carbocycles. The van der Waals surface area contributed by atoms with E-state index >= 15 is 0 Å². The molecule has 0 radical (unpaired) electrons. The number of aromatic nitrogens is 1. The van der Waals surface area contributed by atoms with Crippen molar-refractivity contribution in [1.29, 1.82) is 0 Å². The number of thiazole rings is 1. The molecule has 11 heteroatoms. The molecule has 0 aliphatic carbocycles. The quantitative estimate of drug-likeness (QED) is 0.221. The third-order valence-corrected chi connectivity index (χ3v) is 7.02. The predicted octanol–water partition coefficient (Wildman–Crippen LogP) is 2.92. The van der Waals surface area contributed by atoms with Crippen LogP contribution in [0, 0.1) is 0 Å². The highest BCUT2D eigenvalue weighted by Gasteiger charge is 2.34. The Morgan fingerprint density at radius 3 is 2.35 bits per heavy atom. The molecule has 0 bridgehead atoms. The monoisotopic (exact) mass is 564 g/mol. The molecule has 0 N–H and O–H groups in total. The van der Waals surface area contributed by atoms with Gasteiger partial charge < -0.3 is 23.7 Å². The van der Waals surface area contributed by atoms with Gasteiger partial charge in [-0.15, -0.1) is 0 Å². The second-order valence-corrected chi connectivity index (χ2v) is 9.60. The number of fused-ring (bicyclic) bond motifs is 1. The molecule has 4 rings (SSSR count). The molecule has 0 spiro atoms. The van der Waals surface area contributed by atoms with Gasteiger partial charge in [0.1, 0.15) is 6.61 Å². The summed E-state index contributed by atoms with van der Waals surface area (Å²) in [4.78, 5) is 43.7. The number of hydrogen-bond donors (Lipinski definition) is 0. The van der Waals surface area contributed by atoms with Crippen molar-refractivity contribution in [2.45, 2.75) is 19.9 Å². The summed E-state index contributed by atoms with van der Waals surface area (Å²) >= 11 is 1.19. The van der Waals surface area contributed by atoms with E-state index in [1.54, 1.807) is 56.5 Å². The summed E-state index contributed by atoms with van der Waals surface area (Å²) in [5.74, 6) is 0.391. The number of hydrogen-bond acceptors (Lipinski definition) is 10. The summed E-state index contributed by atoms with van der Waals surface area (Å²) in [5, 5.41) is 0. The predicted molar refractivity (Wildman–Crippen MR) is 149 cm³/mol. The number of ether oxygens (including phenoxy) is 5. The van der Waals surface area contributed by atoms with Crippen LogP contribution in [0.4, 0.5) is 0 Å². The third kappa shape index (κ3) is 5.55. The fourth-order valence-electron chi connectivity index (χ4n) is 4.30. The molecule has 3 aromatic rings. The minimum Gasteiger partial charge on any atom is -0.493 e. The van der Waals surface area contributed by atoms with Crippen molar-refractivity contribution in [2.24, 2.45) is 4.99 Å². The average Bonchev–Trinajstić information content (AvgIpc) is 3.24. The van der Waals surface area contributed by atoms with Crippen LogP contribution in [0.3, 0.4) is 0 Å². The van der Waals surface area contributed by atoms with Crippen LogP contribution in [0.2, 0.25) is 0 Å². The molecule has 1 atom stereocenters. The van der Waals surface area contributed by atoms with Crippen LogP contribution in [0.1, 0.15) is 31.0 Å². The zero-order chi connectivity index (χ0) is 29.0. The van der Waals surface area contributed by atoms with E-state index < -0.39 is 18.0 Å². The highest BCUT2D eigenvalue weighted by Crippen LogP contribution is 2.36. The van der Waals surface area contributed by atoms with Gasteiger partial charge in [0.15, 0.2) is 27.8 Å². The SMILES string of the molecule is C=CCOC(=O)C1=C(C)N=c2sc(=Cc3ccc(OC)c(OC)c3)c(=O)n2C1c1ccc(OC(C)=O)c(OC)c1. The van der Waals surface area contributed by atoms with Gasteiger partial charge in [-0.3, -0.25) is 14.2 Å². The Hall–Kier alpha value is -4.64. The maximum absolute atomic E-state index is 13.9. The second kappa shape index (κ2) is 12.0. The van der Waals surface area contributed by atoms with Crippen LogP contribution in [-0.4, -0.2) is 44.4 Å². The molecule has 40 heavy (non-hydrogen) atoms. The normalized spacial score (nSPS) is 14.6. The molecule has 2 heterocycles. The first-order valence-electron chi connectivity index (χ1n) is 12.1. The summed E-state index contributed by atoms with van der Waals surface area (Å²) < 4.78 is 28.6. The number of methoxy groups -OCH3 is 3. The van der Waals surface area contributed by atoms with E-state index in [4.69, 9.17) is 23.7 Å². The molecule has 0 fully saturated rings. The maximum atomic E-state index is 13.9. The molecule has 10 nitrogen and oxygen atoms in total. The maximum Gasteiger partial charge on any atom is 0.338 e. The Bertz CT molecular complexity index is 1700. The number of carbonyl (C=O) groups is 2. The summed E-state index contributed by atoms with van der Waals surface area (Å²) in [7, 11) is 4.51. The molecule has 1 aliphatic rings. The van der Waals surface area contributed by atoms with E-state index in [1.165, 1.54) is 43.1 Å². The Morgan fingerprint density at radius 2 is 1.70 bits per heavy atom. The third-order valence-electron chi connectivity index (χ3n) is 6.04. The van der Waals surface area contributed by atoms with E-state index in [0.29, 0.717) is 37.7 Å². The fourth-order valence-corrected chi connectivity index (χ4v) is 5.34. The van der Waals surface area contributed by atoms with Gasteiger partial charge in [-0.1, -0.05) is 36.1 Å². The highest BCUT2D eigenvalue weighted by atomic mass is 32.1. The zero-order valence-electron chi connectivity index (χ0n) is 22.7. The summed E-state index contributed by atoms with van der Waals surface area (Å²) in [6, 6.07) is 9.26. The van der Waals surface area contributed by atoms with Crippen LogP contribution >= 0.6 is 11.3 Å². The number of rotatable bonds is 9. The lowest BCUT2D eigenvalue weighted by molar-refractivity contribution is -0.138. The van der Waals surface area contributed by atoms with Gasteiger partial charge in [-0.25, -0.2) is 9.79 Å². The first-order valence-corrected chi connectivity index (χ1v) is 12.9. The second-order valence-electron chi connectivity index (χ2n) is 8.59. The van der Waals surface area contributed by atoms with Gasteiger partial charge in [-0.05, 0) is 48.4 Å². The van der Waals surface area contributed by atoms with Crippen molar-refractivity contribution in [2.75, 3.05) is 27.9 Å². The summed E-state index contributed by atoms with van der Waals surface area (Å²) in [6.45, 7) is 6.55. The Balaban J connectivity index is 1.93. The molecule has 0 amide bonds. The number of allylic oxidation sites excluding steroid dienone is 1. The molecule has 1 aliphatic heterocycles. The number of esters is 2. The molecule has 1 unspecified atom stereocenters. The van der Waals surface area contributed by atoms with Crippen LogP contribution in [0.25, 0.3) is 6.08 Å². The van der Waals surface area contributed by atoms with Crippen molar-refractivity contribution >= 4 is 29.4 Å². The van der Waals surface area contributed by atoms with Crippen LogP contribution < -0.4 is 33.8 Å². The molecule has 208 valence electrons. The largest absolute Gasteiger partial charge is 0.493 e. The minimum absolute atomic E-state index is 0.0131. The lowest BCUT2D eigenvalue weighted by atomic mass is 9.95. The zero-order valence-corrected chi connectivity index (χ0v) is 23.5. The van der Waals surface area contributed by atoms with Gasteiger partial charge in [0.05, 0.1) is 43.2 Å². The summed E-state index contributed by atoms with van der Waals surface area (Å²) in [5.41, 5.74) is 1.49. The van der Waals surface area contributed by atoms with Gasteiger partial charge in [-0.2, -0.15) is 0 Å². The Morgan fingerprint density at radius 1 is 1.02 bits per heavy atom. The van der Waals surface area contributed by atoms with E-state index in [9.17, 15) is 14.4 Å². The van der Waals surface area contributed by atoms with Crippen LogP contribution in [-0.2, 0) is 14.3 Å². The van der Waals surface area contributed by atoms with E-state index in [0.717, 1.165) is 0 Å².